The van der Waals surface area contributed by atoms with E-state index in [1.165, 1.54) is 38.1 Å². The SMILES string of the molecule is C1CCNC1.Cc1cccc(S(=O)(=O)NC=O)c1. The molecule has 6 heteroatoms. The van der Waals surface area contributed by atoms with Crippen LogP contribution in [0.4, 0.5) is 0 Å². The van der Waals surface area contributed by atoms with Crippen LogP contribution in [-0.2, 0) is 14.8 Å². The van der Waals surface area contributed by atoms with E-state index < -0.39 is 10.0 Å². The van der Waals surface area contributed by atoms with Gasteiger partial charge in [0.25, 0.3) is 10.0 Å². The summed E-state index contributed by atoms with van der Waals surface area (Å²) < 4.78 is 24.2. The molecule has 1 aromatic rings. The van der Waals surface area contributed by atoms with Gasteiger partial charge in [0, 0.05) is 0 Å². The summed E-state index contributed by atoms with van der Waals surface area (Å²) in [5.41, 5.74) is 0.828. The second-order valence-corrected chi connectivity index (χ2v) is 5.73. The number of carbonyl (C=O) groups excluding carboxylic acids is 1. The van der Waals surface area contributed by atoms with Gasteiger partial charge >= 0.3 is 0 Å². The van der Waals surface area contributed by atoms with Crippen LogP contribution in [0.5, 0.6) is 0 Å². The van der Waals surface area contributed by atoms with E-state index in [-0.39, 0.29) is 11.3 Å². The molecule has 0 bridgehead atoms. The van der Waals surface area contributed by atoms with Gasteiger partial charge < -0.3 is 5.32 Å². The number of sulfonamides is 1. The average Bonchev–Trinajstić information content (AvgIpc) is 2.87. The minimum Gasteiger partial charge on any atom is -0.317 e. The van der Waals surface area contributed by atoms with Gasteiger partial charge in [0.15, 0.2) is 0 Å². The molecule has 1 amide bonds. The minimum absolute atomic E-state index is 0.0969. The molecular formula is C12H18N2O3S. The fraction of sp³-hybridized carbons (Fsp3) is 0.417. The third-order valence-electron chi connectivity index (χ3n) is 2.46. The highest BCUT2D eigenvalue weighted by Crippen LogP contribution is 2.09. The van der Waals surface area contributed by atoms with Crippen LogP contribution in [-0.4, -0.2) is 27.9 Å². The Balaban J connectivity index is 0.000000269. The third kappa shape index (κ3) is 4.85. The van der Waals surface area contributed by atoms with Crippen molar-refractivity contribution in [3.8, 4) is 0 Å². The van der Waals surface area contributed by atoms with Gasteiger partial charge in [-0.1, -0.05) is 12.1 Å². The van der Waals surface area contributed by atoms with E-state index in [0.717, 1.165) is 5.56 Å². The molecule has 1 aliphatic heterocycles. The van der Waals surface area contributed by atoms with E-state index in [1.54, 1.807) is 23.8 Å². The van der Waals surface area contributed by atoms with Crippen LogP contribution in [0.3, 0.4) is 0 Å². The molecule has 1 aliphatic rings. The van der Waals surface area contributed by atoms with E-state index in [0.29, 0.717) is 0 Å². The van der Waals surface area contributed by atoms with Crippen molar-refractivity contribution in [2.45, 2.75) is 24.7 Å². The first-order valence-electron chi connectivity index (χ1n) is 5.79. The summed E-state index contributed by atoms with van der Waals surface area (Å²) in [6, 6.07) is 6.32. The van der Waals surface area contributed by atoms with E-state index in [4.69, 9.17) is 0 Å². The summed E-state index contributed by atoms with van der Waals surface area (Å²) in [6.45, 7) is 4.28. The first-order chi connectivity index (χ1) is 8.56. The highest BCUT2D eigenvalue weighted by molar-refractivity contribution is 7.90. The van der Waals surface area contributed by atoms with Crippen LogP contribution >= 0.6 is 0 Å². The Kier molecular flexibility index (Phi) is 5.80. The van der Waals surface area contributed by atoms with Crippen molar-refractivity contribution in [2.24, 2.45) is 0 Å². The highest BCUT2D eigenvalue weighted by Gasteiger charge is 2.11. The van der Waals surface area contributed by atoms with Gasteiger partial charge in [0.05, 0.1) is 4.90 Å². The van der Waals surface area contributed by atoms with E-state index in [2.05, 4.69) is 5.32 Å². The normalized spacial score (nSPS) is 14.5. The van der Waals surface area contributed by atoms with Crippen LogP contribution in [0.25, 0.3) is 0 Å². The molecule has 0 saturated carbocycles. The molecule has 1 saturated heterocycles. The maximum absolute atomic E-state index is 11.2. The monoisotopic (exact) mass is 270 g/mol. The molecular weight excluding hydrogens is 252 g/mol. The summed E-state index contributed by atoms with van der Waals surface area (Å²) in [5.74, 6) is 0. The second kappa shape index (κ2) is 7.13. The highest BCUT2D eigenvalue weighted by atomic mass is 32.2. The largest absolute Gasteiger partial charge is 0.317 e. The summed E-state index contributed by atoms with van der Waals surface area (Å²) in [6.07, 6.45) is 2.93. The molecule has 1 fully saturated rings. The second-order valence-electron chi connectivity index (χ2n) is 4.01. The number of hydrogen-bond donors (Lipinski definition) is 2. The predicted octanol–water partition coefficient (Wildman–Crippen LogP) is 0.800. The van der Waals surface area contributed by atoms with Crippen molar-refractivity contribution in [3.05, 3.63) is 29.8 Å². The zero-order valence-corrected chi connectivity index (χ0v) is 11.2. The standard InChI is InChI=1S/C8H9NO3S.C4H9N/c1-7-3-2-4-8(5-7)13(11,12)9-6-10;1-2-4-5-3-1/h2-6H,1H3,(H,9,10);5H,1-4H2. The van der Waals surface area contributed by atoms with Crippen molar-refractivity contribution >= 4 is 16.4 Å². The minimum atomic E-state index is -3.65. The third-order valence-corrected chi connectivity index (χ3v) is 3.74. The van der Waals surface area contributed by atoms with Gasteiger partial charge in [-0.05, 0) is 50.6 Å². The van der Waals surface area contributed by atoms with Crippen molar-refractivity contribution in [2.75, 3.05) is 13.1 Å². The number of aryl methyl sites for hydroxylation is 1. The molecule has 2 rings (SSSR count). The van der Waals surface area contributed by atoms with Crippen LogP contribution in [0, 0.1) is 6.92 Å². The molecule has 0 spiro atoms. The topological polar surface area (TPSA) is 75.3 Å². The smallest absolute Gasteiger partial charge is 0.263 e. The van der Waals surface area contributed by atoms with Gasteiger partial charge in [0.1, 0.15) is 0 Å². The summed E-state index contributed by atoms with van der Waals surface area (Å²) in [7, 11) is -3.65. The lowest BCUT2D eigenvalue weighted by Crippen LogP contribution is -2.21. The Bertz CT molecular complexity index is 474. The van der Waals surface area contributed by atoms with Gasteiger partial charge in [-0.3, -0.25) is 9.52 Å². The molecule has 1 heterocycles. The lowest BCUT2D eigenvalue weighted by atomic mass is 10.2. The molecule has 18 heavy (non-hydrogen) atoms. The van der Waals surface area contributed by atoms with Gasteiger partial charge in [-0.2, -0.15) is 0 Å². The van der Waals surface area contributed by atoms with Gasteiger partial charge in [-0.25, -0.2) is 8.42 Å². The molecule has 0 atom stereocenters. The summed E-state index contributed by atoms with van der Waals surface area (Å²) >= 11 is 0. The quantitative estimate of drug-likeness (QED) is 0.797. The summed E-state index contributed by atoms with van der Waals surface area (Å²) in [4.78, 5) is 10.1. The van der Waals surface area contributed by atoms with E-state index in [9.17, 15) is 13.2 Å². The molecule has 0 radical (unpaired) electrons. The lowest BCUT2D eigenvalue weighted by molar-refractivity contribution is -0.108. The van der Waals surface area contributed by atoms with E-state index in [1.807, 2.05) is 0 Å². The lowest BCUT2D eigenvalue weighted by Gasteiger charge is -2.01. The molecule has 0 unspecified atom stereocenters. The Morgan fingerprint density at radius 3 is 2.39 bits per heavy atom. The van der Waals surface area contributed by atoms with Crippen molar-refractivity contribution in [1.29, 1.82) is 0 Å². The van der Waals surface area contributed by atoms with Gasteiger partial charge in [-0.15, -0.1) is 0 Å². The summed E-state index contributed by atoms with van der Waals surface area (Å²) in [5, 5.41) is 3.22. The van der Waals surface area contributed by atoms with Crippen LogP contribution in [0.1, 0.15) is 18.4 Å². The number of carbonyl (C=O) groups is 1. The van der Waals surface area contributed by atoms with Crippen LogP contribution in [0.15, 0.2) is 29.2 Å². The number of hydrogen-bond acceptors (Lipinski definition) is 4. The maximum atomic E-state index is 11.2. The molecule has 1 aromatic carbocycles. The first kappa shape index (κ1) is 14.7. The van der Waals surface area contributed by atoms with Crippen LogP contribution < -0.4 is 10.0 Å². The Labute approximate surface area is 108 Å². The Morgan fingerprint density at radius 2 is 1.94 bits per heavy atom. The van der Waals surface area contributed by atoms with Crippen LogP contribution in [0.2, 0.25) is 0 Å². The number of amides is 1. The first-order valence-corrected chi connectivity index (χ1v) is 7.28. The molecule has 100 valence electrons. The predicted molar refractivity (Wildman–Crippen MR) is 69.7 cm³/mol. The van der Waals surface area contributed by atoms with Crippen molar-refractivity contribution in [3.63, 3.8) is 0 Å². The Morgan fingerprint density at radius 1 is 1.28 bits per heavy atom. The zero-order valence-electron chi connectivity index (χ0n) is 10.3. The fourth-order valence-electron chi connectivity index (χ4n) is 1.54. The van der Waals surface area contributed by atoms with Gasteiger partial charge in [0.2, 0.25) is 6.41 Å². The number of nitrogens with one attached hydrogen (secondary N) is 2. The average molecular weight is 270 g/mol. The zero-order chi connectivity index (χ0) is 13.4. The molecule has 2 N–H and O–H groups in total. The van der Waals surface area contributed by atoms with Crippen molar-refractivity contribution in [1.82, 2.24) is 10.0 Å². The number of benzene rings is 1. The Hall–Kier alpha value is -1.40. The molecule has 5 nitrogen and oxygen atoms in total. The fourth-order valence-corrected chi connectivity index (χ4v) is 2.40. The van der Waals surface area contributed by atoms with Crippen molar-refractivity contribution < 1.29 is 13.2 Å². The maximum Gasteiger partial charge on any atom is 0.263 e. The van der Waals surface area contributed by atoms with E-state index >= 15 is 0 Å². The molecule has 0 aliphatic carbocycles. The molecule has 0 aromatic heterocycles. The number of rotatable bonds is 3.